The van der Waals surface area contributed by atoms with Crippen LogP contribution in [0.2, 0.25) is 0 Å². The molecule has 5 atom stereocenters. The summed E-state index contributed by atoms with van der Waals surface area (Å²) in [6, 6.07) is 4.23. The van der Waals surface area contributed by atoms with Crippen LogP contribution >= 0.6 is 0 Å². The van der Waals surface area contributed by atoms with Crippen molar-refractivity contribution in [2.45, 2.75) is 36.2 Å². The van der Waals surface area contributed by atoms with E-state index in [-0.39, 0.29) is 18.7 Å². The number of benzene rings is 1. The van der Waals surface area contributed by atoms with Gasteiger partial charge < -0.3 is 4.74 Å². The first kappa shape index (κ1) is 16.6. The van der Waals surface area contributed by atoms with Gasteiger partial charge in [0.05, 0.1) is 35.1 Å². The molecule has 3 aliphatic rings. The summed E-state index contributed by atoms with van der Waals surface area (Å²) < 4.78 is 85.0. The molecule has 0 aromatic heterocycles. The largest absolute Gasteiger partial charge is 0.417 e. The molecule has 5 nitrogen and oxygen atoms in total. The lowest BCUT2D eigenvalue weighted by atomic mass is 9.87. The molecule has 0 amide bonds. The van der Waals surface area contributed by atoms with Gasteiger partial charge in [0.2, 0.25) is 10.0 Å². The Morgan fingerprint density at radius 1 is 1.32 bits per heavy atom. The van der Waals surface area contributed by atoms with Gasteiger partial charge in [0.1, 0.15) is 11.4 Å². The van der Waals surface area contributed by atoms with Crippen LogP contribution in [-0.2, 0) is 20.9 Å². The lowest BCUT2D eigenvalue weighted by molar-refractivity contribution is -0.137. The molecule has 10 heteroatoms. The maximum Gasteiger partial charge on any atom is 0.417 e. The van der Waals surface area contributed by atoms with Crippen molar-refractivity contribution >= 4 is 15.7 Å². The van der Waals surface area contributed by atoms with E-state index in [9.17, 15) is 26.0 Å². The second kappa shape index (κ2) is 5.08. The fourth-order valence-corrected chi connectivity index (χ4v) is 6.40. The highest BCUT2D eigenvalue weighted by Gasteiger charge is 2.64. The van der Waals surface area contributed by atoms with Crippen LogP contribution in [0.4, 0.5) is 23.2 Å². The SMILES string of the molecule is N#Cc1ccc(N2C[C@@H]3[C@@H]4O[C@H](C[C@@H]4F)[C@@H]3S2(=O)=O)cc1C(F)(F)F. The van der Waals surface area contributed by atoms with Crippen LogP contribution < -0.4 is 4.31 Å². The van der Waals surface area contributed by atoms with Crippen molar-refractivity contribution in [1.29, 1.82) is 5.26 Å². The Morgan fingerprint density at radius 2 is 2.04 bits per heavy atom. The van der Waals surface area contributed by atoms with E-state index in [0.717, 1.165) is 10.4 Å². The van der Waals surface area contributed by atoms with Gasteiger partial charge in [-0.15, -0.1) is 0 Å². The first-order valence-electron chi connectivity index (χ1n) is 7.57. The Morgan fingerprint density at radius 3 is 2.68 bits per heavy atom. The fourth-order valence-electron chi connectivity index (χ4n) is 4.08. The van der Waals surface area contributed by atoms with Crippen molar-refractivity contribution in [3.63, 3.8) is 0 Å². The molecule has 3 fully saturated rings. The Hall–Kier alpha value is -1.86. The van der Waals surface area contributed by atoms with Crippen molar-refractivity contribution in [2.24, 2.45) is 5.92 Å². The maximum atomic E-state index is 13.8. The quantitative estimate of drug-likeness (QED) is 0.705. The predicted molar refractivity (Wildman–Crippen MR) is 77.9 cm³/mol. The van der Waals surface area contributed by atoms with Crippen molar-refractivity contribution in [3.8, 4) is 6.07 Å². The molecule has 0 unspecified atom stereocenters. The number of anilines is 1. The number of hydrogen-bond donors (Lipinski definition) is 0. The van der Waals surface area contributed by atoms with Gasteiger partial charge in [0.15, 0.2) is 0 Å². The van der Waals surface area contributed by atoms with Crippen LogP contribution in [0.25, 0.3) is 0 Å². The van der Waals surface area contributed by atoms with E-state index >= 15 is 0 Å². The molecule has 3 heterocycles. The summed E-state index contributed by atoms with van der Waals surface area (Å²) in [4.78, 5) is 0. The third-order valence-electron chi connectivity index (χ3n) is 5.10. The first-order chi connectivity index (χ1) is 11.6. The number of sulfonamides is 1. The molecule has 0 N–H and O–H groups in total. The van der Waals surface area contributed by atoms with Crippen LogP contribution in [0.3, 0.4) is 0 Å². The molecule has 0 spiro atoms. The number of alkyl halides is 4. The molecule has 1 aromatic carbocycles. The minimum atomic E-state index is -4.79. The van der Waals surface area contributed by atoms with Crippen LogP contribution in [0.1, 0.15) is 17.5 Å². The standard InChI is InChI=1S/C15H12F4N2O3S/c16-11-4-12-14-9(13(11)24-12)6-21(25(14,22)23)8-2-1-7(5-20)10(3-8)15(17,18)19/h1-3,9,11-14H,4,6H2/t9-,11+,12-,13+,14-/m1/s1. The maximum absolute atomic E-state index is 13.8. The molecule has 0 saturated carbocycles. The molecule has 4 rings (SSSR count). The third-order valence-corrected chi connectivity index (χ3v) is 7.42. The van der Waals surface area contributed by atoms with Gasteiger partial charge in [0, 0.05) is 18.9 Å². The molecular weight excluding hydrogens is 364 g/mol. The molecule has 25 heavy (non-hydrogen) atoms. The number of nitriles is 1. The molecule has 0 aliphatic carbocycles. The van der Waals surface area contributed by atoms with Gasteiger partial charge in [-0.2, -0.15) is 18.4 Å². The van der Waals surface area contributed by atoms with E-state index in [1.807, 2.05) is 0 Å². The molecule has 3 aliphatic heterocycles. The zero-order valence-corrected chi connectivity index (χ0v) is 13.4. The lowest BCUT2D eigenvalue weighted by Gasteiger charge is -2.22. The average molecular weight is 376 g/mol. The Bertz CT molecular complexity index is 880. The van der Waals surface area contributed by atoms with Crippen molar-refractivity contribution < 1.29 is 30.7 Å². The van der Waals surface area contributed by atoms with E-state index in [1.54, 1.807) is 0 Å². The van der Waals surface area contributed by atoms with Gasteiger partial charge in [0.25, 0.3) is 0 Å². The van der Waals surface area contributed by atoms with Crippen LogP contribution in [0.5, 0.6) is 0 Å². The van der Waals surface area contributed by atoms with E-state index < -0.39 is 56.9 Å². The van der Waals surface area contributed by atoms with Crippen molar-refractivity contribution in [2.75, 3.05) is 10.8 Å². The van der Waals surface area contributed by atoms with Gasteiger partial charge in [-0.1, -0.05) is 0 Å². The molecule has 134 valence electrons. The van der Waals surface area contributed by atoms with E-state index in [0.29, 0.717) is 6.07 Å². The minimum absolute atomic E-state index is 0.0138. The summed E-state index contributed by atoms with van der Waals surface area (Å²) in [6.45, 7) is -0.127. The number of hydrogen-bond acceptors (Lipinski definition) is 4. The molecule has 3 saturated heterocycles. The third kappa shape index (κ3) is 2.25. The van der Waals surface area contributed by atoms with Gasteiger partial charge in [-0.25, -0.2) is 12.8 Å². The average Bonchev–Trinajstić information content (AvgIpc) is 3.15. The highest BCUT2D eigenvalue weighted by atomic mass is 32.2. The molecule has 0 radical (unpaired) electrons. The van der Waals surface area contributed by atoms with Crippen molar-refractivity contribution in [3.05, 3.63) is 29.3 Å². The fraction of sp³-hybridized carbons (Fsp3) is 0.533. The summed E-state index contributed by atoms with van der Waals surface area (Å²) in [5.41, 5.74) is -1.95. The van der Waals surface area contributed by atoms with Gasteiger partial charge >= 0.3 is 6.18 Å². The summed E-state index contributed by atoms with van der Waals surface area (Å²) in [5.74, 6) is -0.608. The topological polar surface area (TPSA) is 70.4 Å². The number of ether oxygens (including phenoxy) is 1. The second-order valence-electron chi connectivity index (χ2n) is 6.43. The molecular formula is C15H12F4N2O3S. The second-order valence-corrected chi connectivity index (χ2v) is 8.45. The Kier molecular flexibility index (Phi) is 3.37. The highest BCUT2D eigenvalue weighted by Crippen LogP contribution is 2.50. The number of rotatable bonds is 1. The normalized spacial score (nSPS) is 35.6. The minimum Gasteiger partial charge on any atom is -0.370 e. The number of halogens is 4. The van der Waals surface area contributed by atoms with Crippen LogP contribution in [0, 0.1) is 17.2 Å². The van der Waals surface area contributed by atoms with E-state index in [2.05, 4.69) is 0 Å². The van der Waals surface area contributed by atoms with Crippen LogP contribution in [-0.4, -0.2) is 38.6 Å². The van der Waals surface area contributed by atoms with Gasteiger partial charge in [-0.05, 0) is 18.2 Å². The first-order valence-corrected chi connectivity index (χ1v) is 9.07. The Balaban J connectivity index is 1.76. The summed E-state index contributed by atoms with van der Waals surface area (Å²) in [6.07, 6.45) is -7.66. The summed E-state index contributed by atoms with van der Waals surface area (Å²) in [7, 11) is -3.96. The number of nitrogens with zero attached hydrogens (tertiary/aromatic N) is 2. The van der Waals surface area contributed by atoms with Crippen molar-refractivity contribution in [1.82, 2.24) is 0 Å². The Labute approximate surface area is 140 Å². The van der Waals surface area contributed by atoms with E-state index in [1.165, 1.54) is 12.1 Å². The summed E-state index contributed by atoms with van der Waals surface area (Å²) >= 11 is 0. The van der Waals surface area contributed by atoms with E-state index in [4.69, 9.17) is 10.00 Å². The number of fused-ring (bicyclic) bond motifs is 5. The molecule has 1 aromatic rings. The van der Waals surface area contributed by atoms with Crippen LogP contribution in [0.15, 0.2) is 18.2 Å². The molecule has 2 bridgehead atoms. The monoisotopic (exact) mass is 376 g/mol. The highest BCUT2D eigenvalue weighted by molar-refractivity contribution is 7.93. The zero-order valence-electron chi connectivity index (χ0n) is 12.6. The predicted octanol–water partition coefficient (Wildman–Crippen LogP) is 2.22. The zero-order chi connectivity index (χ0) is 18.1. The lowest BCUT2D eigenvalue weighted by Crippen LogP contribution is -2.39. The van der Waals surface area contributed by atoms with Gasteiger partial charge in [-0.3, -0.25) is 4.31 Å². The smallest absolute Gasteiger partial charge is 0.370 e. The summed E-state index contributed by atoms with van der Waals surface area (Å²) in [5, 5.41) is 7.90.